The van der Waals surface area contributed by atoms with Crippen LogP contribution in [-0.4, -0.2) is 35.0 Å². The van der Waals surface area contributed by atoms with E-state index in [0.29, 0.717) is 19.4 Å². The van der Waals surface area contributed by atoms with E-state index in [0.717, 1.165) is 12.8 Å². The van der Waals surface area contributed by atoms with Crippen LogP contribution in [0.4, 0.5) is 0 Å². The third kappa shape index (κ3) is 2.04. The van der Waals surface area contributed by atoms with Crippen LogP contribution in [0.3, 0.4) is 0 Å². The molecule has 0 bridgehead atoms. The SMILES string of the molecule is C#CCN(CCC)C(=O)C1(C(=O)O)CCC1. The molecule has 0 aromatic rings. The fourth-order valence-corrected chi connectivity index (χ4v) is 1.98. The lowest BCUT2D eigenvalue weighted by atomic mass is 9.67. The van der Waals surface area contributed by atoms with Gasteiger partial charge < -0.3 is 10.0 Å². The Balaban J connectivity index is 2.80. The molecule has 0 spiro atoms. The van der Waals surface area contributed by atoms with Crippen molar-refractivity contribution in [3.05, 3.63) is 0 Å². The molecule has 4 heteroatoms. The molecule has 1 N–H and O–H groups in total. The Hall–Kier alpha value is -1.50. The van der Waals surface area contributed by atoms with Gasteiger partial charge in [-0.15, -0.1) is 6.42 Å². The monoisotopic (exact) mass is 223 g/mol. The first kappa shape index (κ1) is 12.6. The summed E-state index contributed by atoms with van der Waals surface area (Å²) >= 11 is 0. The summed E-state index contributed by atoms with van der Waals surface area (Å²) in [6.45, 7) is 2.66. The number of terminal acetylenes is 1. The molecule has 0 aliphatic heterocycles. The van der Waals surface area contributed by atoms with Crippen molar-refractivity contribution in [2.45, 2.75) is 32.6 Å². The predicted molar refractivity (Wildman–Crippen MR) is 59.6 cm³/mol. The number of rotatable bonds is 5. The number of hydrogen-bond donors (Lipinski definition) is 1. The Morgan fingerprint density at radius 2 is 2.12 bits per heavy atom. The Morgan fingerprint density at radius 1 is 1.50 bits per heavy atom. The first-order chi connectivity index (χ1) is 7.58. The lowest BCUT2D eigenvalue weighted by Crippen LogP contribution is -2.52. The standard InChI is InChI=1S/C12H17NO3/c1-3-8-13(9-4-2)10(14)12(11(15)16)6-5-7-12/h1H,4-9H2,2H3,(H,15,16). The maximum absolute atomic E-state index is 12.1. The summed E-state index contributed by atoms with van der Waals surface area (Å²) in [4.78, 5) is 24.8. The molecule has 0 aromatic carbocycles. The van der Waals surface area contributed by atoms with E-state index < -0.39 is 11.4 Å². The van der Waals surface area contributed by atoms with Gasteiger partial charge in [0.2, 0.25) is 5.91 Å². The molecule has 0 saturated heterocycles. The Morgan fingerprint density at radius 3 is 2.44 bits per heavy atom. The molecule has 1 rings (SSSR count). The highest BCUT2D eigenvalue weighted by Crippen LogP contribution is 2.42. The molecule has 0 atom stereocenters. The number of hydrogen-bond acceptors (Lipinski definition) is 2. The number of carbonyl (C=O) groups is 2. The van der Waals surface area contributed by atoms with E-state index in [1.54, 1.807) is 0 Å². The molecule has 0 radical (unpaired) electrons. The first-order valence-corrected chi connectivity index (χ1v) is 5.54. The van der Waals surface area contributed by atoms with E-state index in [9.17, 15) is 9.59 Å². The van der Waals surface area contributed by atoms with Gasteiger partial charge >= 0.3 is 5.97 Å². The highest BCUT2D eigenvalue weighted by molar-refractivity contribution is 6.02. The summed E-state index contributed by atoms with van der Waals surface area (Å²) in [5.74, 6) is 1.08. The highest BCUT2D eigenvalue weighted by atomic mass is 16.4. The lowest BCUT2D eigenvalue weighted by Gasteiger charge is -2.39. The second-order valence-electron chi connectivity index (χ2n) is 4.17. The number of amides is 1. The van der Waals surface area contributed by atoms with E-state index in [1.807, 2.05) is 6.92 Å². The molecule has 0 heterocycles. The zero-order chi connectivity index (χ0) is 12.2. The summed E-state index contributed by atoms with van der Waals surface area (Å²) in [6.07, 6.45) is 7.64. The Bertz CT molecular complexity index is 326. The molecule has 0 unspecified atom stereocenters. The summed E-state index contributed by atoms with van der Waals surface area (Å²) < 4.78 is 0. The van der Waals surface area contributed by atoms with Crippen LogP contribution in [-0.2, 0) is 9.59 Å². The van der Waals surface area contributed by atoms with Crippen LogP contribution in [0.25, 0.3) is 0 Å². The average Bonchev–Trinajstić information content (AvgIpc) is 2.14. The third-order valence-electron chi connectivity index (χ3n) is 3.09. The van der Waals surface area contributed by atoms with Gasteiger partial charge in [-0.1, -0.05) is 19.3 Å². The zero-order valence-electron chi connectivity index (χ0n) is 9.53. The Kier molecular flexibility index (Phi) is 3.94. The summed E-state index contributed by atoms with van der Waals surface area (Å²) in [6, 6.07) is 0. The van der Waals surface area contributed by atoms with Crippen molar-refractivity contribution < 1.29 is 14.7 Å². The smallest absolute Gasteiger partial charge is 0.319 e. The number of carboxylic acids is 1. The summed E-state index contributed by atoms with van der Waals surface area (Å²) in [5.41, 5.74) is -1.19. The molecular weight excluding hydrogens is 206 g/mol. The van der Waals surface area contributed by atoms with Crippen molar-refractivity contribution in [3.63, 3.8) is 0 Å². The summed E-state index contributed by atoms with van der Waals surface area (Å²) in [7, 11) is 0. The minimum absolute atomic E-state index is 0.196. The van der Waals surface area contributed by atoms with Crippen molar-refractivity contribution in [3.8, 4) is 12.3 Å². The van der Waals surface area contributed by atoms with E-state index in [-0.39, 0.29) is 12.5 Å². The second kappa shape index (κ2) is 5.02. The second-order valence-corrected chi connectivity index (χ2v) is 4.17. The fourth-order valence-electron chi connectivity index (χ4n) is 1.98. The molecule has 1 aliphatic carbocycles. The molecule has 4 nitrogen and oxygen atoms in total. The van der Waals surface area contributed by atoms with Gasteiger partial charge in [0.15, 0.2) is 0 Å². The minimum Gasteiger partial charge on any atom is -0.480 e. The van der Waals surface area contributed by atoms with Crippen molar-refractivity contribution in [1.29, 1.82) is 0 Å². The highest BCUT2D eigenvalue weighted by Gasteiger charge is 2.52. The fraction of sp³-hybridized carbons (Fsp3) is 0.667. The maximum Gasteiger partial charge on any atom is 0.319 e. The van der Waals surface area contributed by atoms with Crippen molar-refractivity contribution in [2.24, 2.45) is 5.41 Å². The van der Waals surface area contributed by atoms with E-state index in [2.05, 4.69) is 5.92 Å². The van der Waals surface area contributed by atoms with Gasteiger partial charge in [-0.2, -0.15) is 0 Å². The van der Waals surface area contributed by atoms with Gasteiger partial charge in [-0.3, -0.25) is 9.59 Å². The first-order valence-electron chi connectivity index (χ1n) is 5.54. The molecule has 1 fully saturated rings. The van der Waals surface area contributed by atoms with Crippen LogP contribution in [0.1, 0.15) is 32.6 Å². The van der Waals surface area contributed by atoms with Gasteiger partial charge in [0.1, 0.15) is 5.41 Å². The zero-order valence-corrected chi connectivity index (χ0v) is 9.53. The predicted octanol–water partition coefficient (Wildman–Crippen LogP) is 1.11. The quantitative estimate of drug-likeness (QED) is 0.561. The van der Waals surface area contributed by atoms with Gasteiger partial charge in [-0.05, 0) is 19.3 Å². The number of carbonyl (C=O) groups excluding carboxylic acids is 1. The number of carboxylic acid groups (broad SMARTS) is 1. The topological polar surface area (TPSA) is 57.6 Å². The van der Waals surface area contributed by atoms with Crippen molar-refractivity contribution >= 4 is 11.9 Å². The molecule has 16 heavy (non-hydrogen) atoms. The molecular formula is C12H17NO3. The largest absolute Gasteiger partial charge is 0.480 e. The van der Waals surface area contributed by atoms with Crippen molar-refractivity contribution in [1.82, 2.24) is 4.90 Å². The summed E-state index contributed by atoms with van der Waals surface area (Å²) in [5, 5.41) is 9.14. The maximum atomic E-state index is 12.1. The minimum atomic E-state index is -1.19. The van der Waals surface area contributed by atoms with Crippen LogP contribution in [0, 0.1) is 17.8 Å². The van der Waals surface area contributed by atoms with Gasteiger partial charge in [0.25, 0.3) is 0 Å². The molecule has 1 amide bonds. The van der Waals surface area contributed by atoms with Gasteiger partial charge in [0.05, 0.1) is 6.54 Å². The molecule has 88 valence electrons. The molecule has 1 aliphatic rings. The van der Waals surface area contributed by atoms with Crippen LogP contribution < -0.4 is 0 Å². The van der Waals surface area contributed by atoms with E-state index in [1.165, 1.54) is 4.90 Å². The van der Waals surface area contributed by atoms with Crippen molar-refractivity contribution in [2.75, 3.05) is 13.1 Å². The van der Waals surface area contributed by atoms with Crippen LogP contribution in [0.15, 0.2) is 0 Å². The number of nitrogens with zero attached hydrogens (tertiary/aromatic N) is 1. The van der Waals surface area contributed by atoms with Crippen LogP contribution in [0.5, 0.6) is 0 Å². The third-order valence-corrected chi connectivity index (χ3v) is 3.09. The molecule has 0 aromatic heterocycles. The number of aliphatic carboxylic acids is 1. The van der Waals surface area contributed by atoms with Crippen LogP contribution in [0.2, 0.25) is 0 Å². The van der Waals surface area contributed by atoms with E-state index >= 15 is 0 Å². The van der Waals surface area contributed by atoms with Gasteiger partial charge in [0, 0.05) is 6.54 Å². The van der Waals surface area contributed by atoms with Gasteiger partial charge in [-0.25, -0.2) is 0 Å². The van der Waals surface area contributed by atoms with E-state index in [4.69, 9.17) is 11.5 Å². The Labute approximate surface area is 95.6 Å². The average molecular weight is 223 g/mol. The molecule has 1 saturated carbocycles. The normalized spacial score (nSPS) is 17.0. The lowest BCUT2D eigenvalue weighted by molar-refractivity contribution is -0.167. The van der Waals surface area contributed by atoms with Crippen LogP contribution >= 0.6 is 0 Å².